The van der Waals surface area contributed by atoms with Crippen LogP contribution in [0, 0.1) is 0 Å². The Kier molecular flexibility index (Phi) is 12.2. The summed E-state index contributed by atoms with van der Waals surface area (Å²) < 4.78 is 4.58. The Morgan fingerprint density at radius 3 is 2.22 bits per heavy atom. The number of ether oxygens (including phenoxy) is 1. The van der Waals surface area contributed by atoms with Crippen LogP contribution in [0.4, 0.5) is 0 Å². The highest BCUT2D eigenvalue weighted by Crippen LogP contribution is 1.74. The topological polar surface area (TPSA) is 47.6 Å². The third-order valence-corrected chi connectivity index (χ3v) is 0.436. The fraction of sp³-hybridized carbons (Fsp3) is 0.500. The molecule has 0 heterocycles. The Morgan fingerprint density at radius 1 is 1.67 bits per heavy atom. The van der Waals surface area contributed by atoms with E-state index in [0.717, 1.165) is 0 Å². The van der Waals surface area contributed by atoms with Gasteiger partial charge in [-0.1, -0.05) is 20.4 Å². The van der Waals surface area contributed by atoms with Crippen molar-refractivity contribution in [1.82, 2.24) is 0 Å². The van der Waals surface area contributed by atoms with E-state index in [1.54, 1.807) is 6.92 Å². The van der Waals surface area contributed by atoms with Crippen LogP contribution in [0.2, 0.25) is 0 Å². The normalized spacial score (nSPS) is 9.00. The van der Waals surface area contributed by atoms with Gasteiger partial charge in [0.25, 0.3) is 0 Å². The molecule has 54 valence electrons. The van der Waals surface area contributed by atoms with Gasteiger partial charge in [-0.3, -0.25) is 0 Å². The summed E-state index contributed by atoms with van der Waals surface area (Å²) >= 11 is 0. The highest BCUT2D eigenvalue weighted by molar-refractivity contribution is 5.73. The zero-order valence-electron chi connectivity index (χ0n) is 6.22. The van der Waals surface area contributed by atoms with Gasteiger partial charge in [-0.25, -0.2) is 0 Å². The Labute approximate surface area is 56.2 Å². The number of hydrogen-bond acceptors (Lipinski definition) is 3. The van der Waals surface area contributed by atoms with Gasteiger partial charge in [0.1, 0.15) is 0 Å². The average molecular weight is 130 g/mol. The fourth-order valence-corrected chi connectivity index (χ4v) is 0.151. The lowest BCUT2D eigenvalue weighted by Gasteiger charge is -1.90. The first kappa shape index (κ1) is 10.9. The SMILES string of the molecule is C=CO/C(C)=N\N.CC. The minimum atomic E-state index is 0.412. The Balaban J connectivity index is 0. The van der Waals surface area contributed by atoms with Crippen molar-refractivity contribution in [1.29, 1.82) is 0 Å². The first-order chi connectivity index (χ1) is 4.31. The van der Waals surface area contributed by atoms with Crippen molar-refractivity contribution < 1.29 is 4.74 Å². The van der Waals surface area contributed by atoms with Crippen molar-refractivity contribution >= 4 is 5.90 Å². The molecule has 2 N–H and O–H groups in total. The summed E-state index contributed by atoms with van der Waals surface area (Å²) in [6.07, 6.45) is 1.27. The van der Waals surface area contributed by atoms with Gasteiger partial charge in [0.15, 0.2) is 0 Å². The van der Waals surface area contributed by atoms with Crippen LogP contribution in [0.15, 0.2) is 17.9 Å². The number of hydrazone groups is 1. The van der Waals surface area contributed by atoms with E-state index in [1.165, 1.54) is 6.26 Å². The predicted octanol–water partition coefficient (Wildman–Crippen LogP) is 1.46. The van der Waals surface area contributed by atoms with E-state index in [2.05, 4.69) is 16.4 Å². The number of nitrogens with zero attached hydrogens (tertiary/aromatic N) is 1. The third kappa shape index (κ3) is 10.9. The van der Waals surface area contributed by atoms with E-state index in [0.29, 0.717) is 5.90 Å². The monoisotopic (exact) mass is 130 g/mol. The molecule has 0 aromatic carbocycles. The van der Waals surface area contributed by atoms with Crippen molar-refractivity contribution in [2.45, 2.75) is 20.8 Å². The summed E-state index contributed by atoms with van der Waals surface area (Å²) in [6, 6.07) is 0. The van der Waals surface area contributed by atoms with Gasteiger partial charge < -0.3 is 10.6 Å². The summed E-state index contributed by atoms with van der Waals surface area (Å²) in [5.74, 6) is 5.19. The van der Waals surface area contributed by atoms with Crippen LogP contribution in [0.5, 0.6) is 0 Å². The molecule has 0 aromatic heterocycles. The fourth-order valence-electron chi connectivity index (χ4n) is 0.151. The molecule has 0 aliphatic heterocycles. The van der Waals surface area contributed by atoms with Crippen molar-refractivity contribution in [3.8, 4) is 0 Å². The maximum absolute atomic E-state index is 4.77. The number of hydrogen-bond donors (Lipinski definition) is 1. The highest BCUT2D eigenvalue weighted by Gasteiger charge is 1.78. The molecule has 0 saturated carbocycles. The van der Waals surface area contributed by atoms with Crippen LogP contribution < -0.4 is 5.84 Å². The summed E-state index contributed by atoms with van der Waals surface area (Å²) in [4.78, 5) is 0. The number of rotatable bonds is 1. The smallest absolute Gasteiger partial charge is 0.207 e. The Hall–Kier alpha value is -0.990. The summed E-state index contributed by atoms with van der Waals surface area (Å²) in [7, 11) is 0. The molecule has 9 heavy (non-hydrogen) atoms. The first-order valence-electron chi connectivity index (χ1n) is 2.83. The zero-order valence-corrected chi connectivity index (χ0v) is 6.22. The first-order valence-corrected chi connectivity index (χ1v) is 2.83. The molecule has 3 heteroatoms. The van der Waals surface area contributed by atoms with Crippen LogP contribution >= 0.6 is 0 Å². The van der Waals surface area contributed by atoms with Gasteiger partial charge in [-0.05, 0) is 0 Å². The van der Waals surface area contributed by atoms with Crippen molar-refractivity contribution in [3.05, 3.63) is 12.8 Å². The van der Waals surface area contributed by atoms with Gasteiger partial charge in [0.2, 0.25) is 5.90 Å². The molecule has 0 atom stereocenters. The Bertz CT molecular complexity index is 89.1. The van der Waals surface area contributed by atoms with Crippen molar-refractivity contribution in [2.75, 3.05) is 0 Å². The molecule has 0 amide bonds. The van der Waals surface area contributed by atoms with E-state index in [9.17, 15) is 0 Å². The molecular formula is C6H14N2O. The molecule has 3 nitrogen and oxygen atoms in total. The minimum absolute atomic E-state index is 0.412. The lowest BCUT2D eigenvalue weighted by molar-refractivity contribution is 0.468. The zero-order chi connectivity index (χ0) is 7.70. The van der Waals surface area contributed by atoms with Gasteiger partial charge in [0, 0.05) is 6.92 Å². The van der Waals surface area contributed by atoms with Crippen LogP contribution in [0.3, 0.4) is 0 Å². The lowest BCUT2D eigenvalue weighted by Crippen LogP contribution is -1.96. The van der Waals surface area contributed by atoms with Crippen molar-refractivity contribution in [2.24, 2.45) is 10.9 Å². The standard InChI is InChI=1S/C4H8N2O.C2H6/c1-3-7-4(2)6-5;1-2/h3H,1,5H2,2H3;1-2H3/b6-4-;. The average Bonchev–Trinajstić information content (AvgIpc) is 1.93. The largest absolute Gasteiger partial charge is 0.450 e. The maximum atomic E-state index is 4.77. The second-order valence-electron chi connectivity index (χ2n) is 0.933. The Morgan fingerprint density at radius 2 is 2.11 bits per heavy atom. The molecule has 0 aliphatic carbocycles. The third-order valence-electron chi connectivity index (χ3n) is 0.436. The van der Waals surface area contributed by atoms with Gasteiger partial charge in [-0.15, -0.1) is 5.10 Å². The van der Waals surface area contributed by atoms with E-state index in [-0.39, 0.29) is 0 Å². The van der Waals surface area contributed by atoms with Crippen LogP contribution in [-0.2, 0) is 4.74 Å². The van der Waals surface area contributed by atoms with E-state index in [4.69, 9.17) is 5.84 Å². The minimum Gasteiger partial charge on any atom is -0.450 e. The molecule has 0 rings (SSSR count). The highest BCUT2D eigenvalue weighted by atomic mass is 16.5. The molecular weight excluding hydrogens is 116 g/mol. The van der Waals surface area contributed by atoms with E-state index < -0.39 is 0 Å². The molecule has 0 bridgehead atoms. The number of nitrogens with two attached hydrogens (primary N) is 1. The second-order valence-corrected chi connectivity index (χ2v) is 0.933. The van der Waals surface area contributed by atoms with Crippen LogP contribution in [0.1, 0.15) is 20.8 Å². The van der Waals surface area contributed by atoms with Gasteiger partial charge in [0.05, 0.1) is 6.26 Å². The molecule has 0 saturated heterocycles. The molecule has 0 spiro atoms. The summed E-state index contributed by atoms with van der Waals surface area (Å²) in [5.41, 5.74) is 0. The van der Waals surface area contributed by atoms with Crippen LogP contribution in [0.25, 0.3) is 0 Å². The lowest BCUT2D eigenvalue weighted by atomic mass is 10.8. The second kappa shape index (κ2) is 10.1. The van der Waals surface area contributed by atoms with Crippen LogP contribution in [-0.4, -0.2) is 5.90 Å². The molecule has 0 aliphatic rings. The molecule has 0 radical (unpaired) electrons. The summed E-state index contributed by atoms with van der Waals surface area (Å²) in [5, 5.41) is 3.20. The molecule has 0 unspecified atom stereocenters. The van der Waals surface area contributed by atoms with E-state index in [1.807, 2.05) is 13.8 Å². The molecule has 0 fully saturated rings. The van der Waals surface area contributed by atoms with Crippen molar-refractivity contribution in [3.63, 3.8) is 0 Å². The molecule has 0 aromatic rings. The quantitative estimate of drug-likeness (QED) is 0.192. The summed E-state index contributed by atoms with van der Waals surface area (Å²) in [6.45, 7) is 8.93. The maximum Gasteiger partial charge on any atom is 0.207 e. The van der Waals surface area contributed by atoms with E-state index >= 15 is 0 Å². The predicted molar refractivity (Wildman–Crippen MR) is 39.9 cm³/mol. The van der Waals surface area contributed by atoms with Gasteiger partial charge in [-0.2, -0.15) is 0 Å². The van der Waals surface area contributed by atoms with Gasteiger partial charge >= 0.3 is 0 Å².